The zero-order chi connectivity index (χ0) is 16.7. The van der Waals surface area contributed by atoms with E-state index in [1.807, 2.05) is 0 Å². The predicted octanol–water partition coefficient (Wildman–Crippen LogP) is 3.05. The minimum Gasteiger partial charge on any atom is -0.475 e. The second-order valence-corrected chi connectivity index (χ2v) is 6.24. The van der Waals surface area contributed by atoms with Crippen LogP contribution in [0, 0.1) is 11.8 Å². The second kappa shape index (κ2) is 8.72. The molecule has 1 fully saturated rings. The average Bonchev–Trinajstić information content (AvgIpc) is 2.53. The first-order valence-corrected chi connectivity index (χ1v) is 8.25. The molecule has 0 spiro atoms. The fourth-order valence-electron chi connectivity index (χ4n) is 3.05. The van der Waals surface area contributed by atoms with Crippen molar-refractivity contribution in [2.24, 2.45) is 11.8 Å². The van der Waals surface area contributed by atoms with E-state index in [1.165, 1.54) is 19.3 Å². The lowest BCUT2D eigenvalue weighted by atomic mass is 9.79. The number of ether oxygens (including phenoxy) is 2. The highest BCUT2D eigenvalue weighted by atomic mass is 16.5. The van der Waals surface area contributed by atoms with Crippen molar-refractivity contribution in [1.82, 2.24) is 10.3 Å². The van der Waals surface area contributed by atoms with Gasteiger partial charge in [-0.05, 0) is 30.7 Å². The van der Waals surface area contributed by atoms with Crippen molar-refractivity contribution >= 4 is 11.7 Å². The number of carbonyl (C=O) groups excluding carboxylic acids is 1. The van der Waals surface area contributed by atoms with Gasteiger partial charge in [0, 0.05) is 19.2 Å². The van der Waals surface area contributed by atoms with E-state index < -0.39 is 0 Å². The molecule has 6 heteroatoms. The topological polar surface area (TPSA) is 72.5 Å². The Hall–Kier alpha value is -1.82. The summed E-state index contributed by atoms with van der Waals surface area (Å²) in [6.07, 6.45) is 5.18. The van der Waals surface area contributed by atoms with Gasteiger partial charge in [-0.2, -0.15) is 0 Å². The molecule has 1 aliphatic rings. The molecule has 2 N–H and O–H groups in total. The molecule has 23 heavy (non-hydrogen) atoms. The highest BCUT2D eigenvalue weighted by Crippen LogP contribution is 2.28. The number of amides is 2. The SMILES string of the molecule is COCCOc1ccc(NC(=O)NC2[C@@H](C)CCC[C@@H]2C)cn1. The van der Waals surface area contributed by atoms with Gasteiger partial charge >= 0.3 is 6.03 Å². The Morgan fingerprint density at radius 3 is 2.61 bits per heavy atom. The number of urea groups is 1. The molecule has 0 radical (unpaired) electrons. The Labute approximate surface area is 138 Å². The van der Waals surface area contributed by atoms with Gasteiger partial charge in [0.15, 0.2) is 0 Å². The number of aromatic nitrogens is 1. The van der Waals surface area contributed by atoms with Crippen molar-refractivity contribution in [3.8, 4) is 5.88 Å². The fraction of sp³-hybridized carbons (Fsp3) is 0.647. The summed E-state index contributed by atoms with van der Waals surface area (Å²) in [6, 6.07) is 3.57. The molecular formula is C17H27N3O3. The van der Waals surface area contributed by atoms with Crippen molar-refractivity contribution in [3.05, 3.63) is 18.3 Å². The molecule has 1 heterocycles. The normalized spacial score (nSPS) is 21.7. The van der Waals surface area contributed by atoms with Crippen LogP contribution in [0.4, 0.5) is 10.5 Å². The Kier molecular flexibility index (Phi) is 6.65. The van der Waals surface area contributed by atoms with E-state index in [9.17, 15) is 4.79 Å². The van der Waals surface area contributed by atoms with Gasteiger partial charge in [0.05, 0.1) is 18.5 Å². The minimum absolute atomic E-state index is 0.176. The summed E-state index contributed by atoms with van der Waals surface area (Å²) in [5.74, 6) is 1.54. The molecule has 2 amide bonds. The predicted molar refractivity (Wildman–Crippen MR) is 89.7 cm³/mol. The van der Waals surface area contributed by atoms with E-state index in [1.54, 1.807) is 25.4 Å². The maximum Gasteiger partial charge on any atom is 0.319 e. The smallest absolute Gasteiger partial charge is 0.319 e. The van der Waals surface area contributed by atoms with Gasteiger partial charge in [0.25, 0.3) is 0 Å². The standard InChI is InChI=1S/C17H27N3O3/c1-12-5-4-6-13(2)16(12)20-17(21)19-14-7-8-15(18-11-14)23-10-9-22-3/h7-8,11-13,16H,4-6,9-10H2,1-3H3,(H2,19,20,21)/t12-,13-/m0/s1. The van der Waals surface area contributed by atoms with Crippen LogP contribution in [0.15, 0.2) is 18.3 Å². The van der Waals surface area contributed by atoms with Gasteiger partial charge < -0.3 is 20.1 Å². The lowest BCUT2D eigenvalue weighted by Crippen LogP contribution is -2.47. The molecule has 6 nitrogen and oxygen atoms in total. The molecule has 2 rings (SSSR count). The number of anilines is 1. The third kappa shape index (κ3) is 5.39. The number of nitrogens with one attached hydrogen (secondary N) is 2. The molecule has 0 aromatic carbocycles. The monoisotopic (exact) mass is 321 g/mol. The van der Waals surface area contributed by atoms with Crippen LogP contribution in [0.3, 0.4) is 0 Å². The van der Waals surface area contributed by atoms with Crippen LogP contribution in [-0.4, -0.2) is 37.4 Å². The molecule has 1 saturated carbocycles. The van der Waals surface area contributed by atoms with Gasteiger partial charge in [0.1, 0.15) is 6.61 Å². The molecule has 1 aliphatic carbocycles. The maximum atomic E-state index is 12.2. The van der Waals surface area contributed by atoms with Crippen molar-refractivity contribution < 1.29 is 14.3 Å². The summed E-state index contributed by atoms with van der Waals surface area (Å²) in [6.45, 7) is 5.37. The van der Waals surface area contributed by atoms with E-state index in [2.05, 4.69) is 29.5 Å². The molecule has 128 valence electrons. The fourth-order valence-corrected chi connectivity index (χ4v) is 3.05. The summed E-state index contributed by atoms with van der Waals surface area (Å²) in [7, 11) is 1.62. The minimum atomic E-state index is -0.176. The second-order valence-electron chi connectivity index (χ2n) is 6.24. The van der Waals surface area contributed by atoms with E-state index in [-0.39, 0.29) is 12.1 Å². The molecule has 0 aliphatic heterocycles. The summed E-state index contributed by atoms with van der Waals surface area (Å²) < 4.78 is 10.3. The molecule has 2 atom stereocenters. The molecule has 0 saturated heterocycles. The third-order valence-electron chi connectivity index (χ3n) is 4.37. The number of pyridine rings is 1. The van der Waals surface area contributed by atoms with Crippen LogP contribution < -0.4 is 15.4 Å². The van der Waals surface area contributed by atoms with E-state index in [4.69, 9.17) is 9.47 Å². The molecule has 0 bridgehead atoms. The highest BCUT2D eigenvalue weighted by Gasteiger charge is 2.28. The Balaban J connectivity index is 1.82. The van der Waals surface area contributed by atoms with E-state index in [0.717, 1.165) is 0 Å². The van der Waals surface area contributed by atoms with Crippen LogP contribution >= 0.6 is 0 Å². The van der Waals surface area contributed by atoms with Gasteiger partial charge in [-0.3, -0.25) is 0 Å². The van der Waals surface area contributed by atoms with Crippen molar-refractivity contribution in [3.63, 3.8) is 0 Å². The lowest BCUT2D eigenvalue weighted by molar-refractivity contribution is 0.144. The van der Waals surface area contributed by atoms with Gasteiger partial charge in [-0.25, -0.2) is 9.78 Å². The first-order chi connectivity index (χ1) is 11.1. The molecule has 1 aromatic heterocycles. The summed E-state index contributed by atoms with van der Waals surface area (Å²) in [5, 5.41) is 5.93. The Morgan fingerprint density at radius 1 is 1.26 bits per heavy atom. The van der Waals surface area contributed by atoms with Crippen LogP contribution in [-0.2, 0) is 4.74 Å². The number of methoxy groups -OCH3 is 1. The zero-order valence-electron chi connectivity index (χ0n) is 14.2. The Bertz CT molecular complexity index is 482. The number of rotatable bonds is 6. The number of nitrogens with zero attached hydrogens (tertiary/aromatic N) is 1. The molecular weight excluding hydrogens is 294 g/mol. The van der Waals surface area contributed by atoms with E-state index in [0.29, 0.717) is 36.6 Å². The average molecular weight is 321 g/mol. The highest BCUT2D eigenvalue weighted by molar-refractivity contribution is 5.89. The van der Waals surface area contributed by atoms with Crippen molar-refractivity contribution in [2.45, 2.75) is 39.2 Å². The van der Waals surface area contributed by atoms with Gasteiger partial charge in [-0.15, -0.1) is 0 Å². The van der Waals surface area contributed by atoms with Gasteiger partial charge in [0.2, 0.25) is 5.88 Å². The summed E-state index contributed by atoms with van der Waals surface area (Å²) in [5.41, 5.74) is 0.651. The van der Waals surface area contributed by atoms with Crippen molar-refractivity contribution in [1.29, 1.82) is 0 Å². The number of carbonyl (C=O) groups is 1. The summed E-state index contributed by atoms with van der Waals surface area (Å²) >= 11 is 0. The zero-order valence-corrected chi connectivity index (χ0v) is 14.2. The quantitative estimate of drug-likeness (QED) is 0.790. The molecule has 1 aromatic rings. The van der Waals surface area contributed by atoms with Gasteiger partial charge in [-0.1, -0.05) is 20.3 Å². The van der Waals surface area contributed by atoms with Crippen LogP contribution in [0.2, 0.25) is 0 Å². The van der Waals surface area contributed by atoms with Crippen LogP contribution in [0.1, 0.15) is 33.1 Å². The first-order valence-electron chi connectivity index (χ1n) is 8.25. The Morgan fingerprint density at radius 2 is 2.00 bits per heavy atom. The maximum absolute atomic E-state index is 12.2. The van der Waals surface area contributed by atoms with Crippen molar-refractivity contribution in [2.75, 3.05) is 25.6 Å². The van der Waals surface area contributed by atoms with E-state index >= 15 is 0 Å². The first kappa shape index (κ1) is 17.5. The third-order valence-corrected chi connectivity index (χ3v) is 4.37. The lowest BCUT2D eigenvalue weighted by Gasteiger charge is -2.35. The molecule has 0 unspecified atom stereocenters. The number of hydrogen-bond acceptors (Lipinski definition) is 4. The van der Waals surface area contributed by atoms with Crippen LogP contribution in [0.5, 0.6) is 5.88 Å². The van der Waals surface area contributed by atoms with Crippen LogP contribution in [0.25, 0.3) is 0 Å². The largest absolute Gasteiger partial charge is 0.475 e. The number of hydrogen-bond donors (Lipinski definition) is 2. The summed E-state index contributed by atoms with van der Waals surface area (Å²) in [4.78, 5) is 16.3.